The zero-order valence-electron chi connectivity index (χ0n) is 15.6. The van der Waals surface area contributed by atoms with Gasteiger partial charge in [-0.25, -0.2) is 14.7 Å². The predicted octanol–water partition coefficient (Wildman–Crippen LogP) is 3.15. The van der Waals surface area contributed by atoms with Gasteiger partial charge in [-0.15, -0.1) is 0 Å². The van der Waals surface area contributed by atoms with Crippen LogP contribution in [0.5, 0.6) is 0 Å². The lowest BCUT2D eigenvalue weighted by Crippen LogP contribution is -2.37. The van der Waals surface area contributed by atoms with E-state index in [1.54, 1.807) is 11.0 Å². The van der Waals surface area contributed by atoms with Crippen molar-refractivity contribution in [3.63, 3.8) is 0 Å². The van der Waals surface area contributed by atoms with Crippen LogP contribution in [0.1, 0.15) is 45.6 Å². The summed E-state index contributed by atoms with van der Waals surface area (Å²) in [7, 11) is 0. The van der Waals surface area contributed by atoms with E-state index >= 15 is 0 Å². The number of nitrogens with one attached hydrogen (secondary N) is 2. The van der Waals surface area contributed by atoms with Crippen molar-refractivity contribution in [2.24, 2.45) is 10.9 Å². The third kappa shape index (κ3) is 6.95. The second-order valence-corrected chi connectivity index (χ2v) is 6.52. The molecule has 0 aliphatic carbocycles. The Morgan fingerprint density at radius 1 is 1.16 bits per heavy atom. The molecule has 6 heteroatoms. The van der Waals surface area contributed by atoms with E-state index in [0.717, 1.165) is 30.7 Å². The van der Waals surface area contributed by atoms with Crippen molar-refractivity contribution >= 4 is 5.96 Å². The van der Waals surface area contributed by atoms with Crippen molar-refractivity contribution < 1.29 is 0 Å². The number of rotatable bonds is 9. The first-order valence-corrected chi connectivity index (χ1v) is 9.15. The number of hydrogen-bond donors (Lipinski definition) is 2. The number of benzene rings is 1. The van der Waals surface area contributed by atoms with Gasteiger partial charge < -0.3 is 10.6 Å². The largest absolute Gasteiger partial charge is 0.357 e. The minimum atomic E-state index is 0.652. The van der Waals surface area contributed by atoms with Crippen molar-refractivity contribution in [3.8, 4) is 5.69 Å². The fourth-order valence-corrected chi connectivity index (χ4v) is 2.49. The molecule has 0 fully saturated rings. The molecule has 0 amide bonds. The molecule has 2 N–H and O–H groups in total. The topological polar surface area (TPSA) is 67.1 Å². The summed E-state index contributed by atoms with van der Waals surface area (Å²) >= 11 is 0. The van der Waals surface area contributed by atoms with Gasteiger partial charge in [-0.1, -0.05) is 38.8 Å². The van der Waals surface area contributed by atoms with Gasteiger partial charge in [0.2, 0.25) is 0 Å². The third-order valence-electron chi connectivity index (χ3n) is 3.88. The van der Waals surface area contributed by atoms with Crippen LogP contribution in [0.2, 0.25) is 0 Å². The maximum Gasteiger partial charge on any atom is 0.191 e. The van der Waals surface area contributed by atoms with Crippen molar-refractivity contribution in [1.29, 1.82) is 0 Å². The van der Waals surface area contributed by atoms with Gasteiger partial charge in [-0.2, -0.15) is 5.10 Å². The van der Waals surface area contributed by atoms with Gasteiger partial charge in [0, 0.05) is 13.1 Å². The monoisotopic (exact) mass is 342 g/mol. The van der Waals surface area contributed by atoms with Crippen LogP contribution in [0.15, 0.2) is 41.9 Å². The Bertz CT molecular complexity index is 616. The smallest absolute Gasteiger partial charge is 0.191 e. The van der Waals surface area contributed by atoms with E-state index in [1.165, 1.54) is 31.2 Å². The zero-order valence-corrected chi connectivity index (χ0v) is 15.6. The molecule has 1 aromatic carbocycles. The first-order chi connectivity index (χ1) is 12.2. The summed E-state index contributed by atoms with van der Waals surface area (Å²) in [6.45, 7) is 9.11. The number of guanidine groups is 1. The maximum absolute atomic E-state index is 4.67. The van der Waals surface area contributed by atoms with Gasteiger partial charge in [0.05, 0.1) is 12.2 Å². The van der Waals surface area contributed by atoms with E-state index < -0.39 is 0 Å². The number of unbranched alkanes of at least 4 members (excludes halogenated alkanes) is 1. The van der Waals surface area contributed by atoms with E-state index in [-0.39, 0.29) is 0 Å². The molecular weight excluding hydrogens is 312 g/mol. The number of aliphatic imine (C=N–C) groups is 1. The van der Waals surface area contributed by atoms with Crippen molar-refractivity contribution in [1.82, 2.24) is 25.4 Å². The lowest BCUT2D eigenvalue weighted by atomic mass is 10.1. The first kappa shape index (κ1) is 19.0. The Morgan fingerprint density at radius 3 is 2.60 bits per heavy atom. The fourth-order valence-electron chi connectivity index (χ4n) is 2.49. The van der Waals surface area contributed by atoms with Crippen LogP contribution >= 0.6 is 0 Å². The highest BCUT2D eigenvalue weighted by molar-refractivity contribution is 5.79. The van der Waals surface area contributed by atoms with Gasteiger partial charge in [0.25, 0.3) is 0 Å². The molecule has 0 bridgehead atoms. The second-order valence-electron chi connectivity index (χ2n) is 6.52. The molecule has 2 rings (SSSR count). The molecule has 0 radical (unpaired) electrons. The minimum absolute atomic E-state index is 0.652. The summed E-state index contributed by atoms with van der Waals surface area (Å²) in [6.07, 6.45) is 6.95. The molecule has 1 aromatic heterocycles. The zero-order chi connectivity index (χ0) is 17.9. The maximum atomic E-state index is 4.67. The molecular formula is C19H30N6. The summed E-state index contributed by atoms with van der Waals surface area (Å²) in [4.78, 5) is 8.63. The average Bonchev–Trinajstić information content (AvgIpc) is 3.14. The van der Waals surface area contributed by atoms with Gasteiger partial charge >= 0.3 is 0 Å². The lowest BCUT2D eigenvalue weighted by Gasteiger charge is -2.12. The molecule has 0 unspecified atom stereocenters. The van der Waals surface area contributed by atoms with E-state index in [4.69, 9.17) is 0 Å². The average molecular weight is 342 g/mol. The van der Waals surface area contributed by atoms with Gasteiger partial charge in [0.15, 0.2) is 5.96 Å². The Labute approximate surface area is 150 Å². The molecule has 1 heterocycles. The van der Waals surface area contributed by atoms with Crippen LogP contribution in [0.3, 0.4) is 0 Å². The molecule has 6 nitrogen and oxygen atoms in total. The molecule has 0 atom stereocenters. The summed E-state index contributed by atoms with van der Waals surface area (Å²) in [5.41, 5.74) is 2.17. The van der Waals surface area contributed by atoms with Crippen LogP contribution in [-0.4, -0.2) is 33.8 Å². The number of aromatic nitrogens is 3. The fraction of sp³-hybridized carbons (Fsp3) is 0.526. The van der Waals surface area contributed by atoms with E-state index in [2.05, 4.69) is 58.6 Å². The van der Waals surface area contributed by atoms with E-state index in [1.807, 2.05) is 12.1 Å². The van der Waals surface area contributed by atoms with Crippen LogP contribution in [0.25, 0.3) is 5.69 Å². The summed E-state index contributed by atoms with van der Waals surface area (Å²) in [5, 5.41) is 10.8. The van der Waals surface area contributed by atoms with Crippen molar-refractivity contribution in [2.45, 2.75) is 46.6 Å². The van der Waals surface area contributed by atoms with Gasteiger partial charge in [-0.3, -0.25) is 0 Å². The highest BCUT2D eigenvalue weighted by atomic mass is 15.3. The molecule has 0 spiro atoms. The molecule has 2 aromatic rings. The van der Waals surface area contributed by atoms with E-state index in [0.29, 0.717) is 6.54 Å². The predicted molar refractivity (Wildman–Crippen MR) is 103 cm³/mol. The van der Waals surface area contributed by atoms with Crippen LogP contribution < -0.4 is 10.6 Å². The van der Waals surface area contributed by atoms with Crippen LogP contribution in [0, 0.1) is 5.92 Å². The molecule has 136 valence electrons. The molecule has 0 aliphatic rings. The van der Waals surface area contributed by atoms with Gasteiger partial charge in [0.1, 0.15) is 12.7 Å². The highest BCUT2D eigenvalue weighted by Gasteiger charge is 2.00. The lowest BCUT2D eigenvalue weighted by molar-refractivity contribution is 0.534. The van der Waals surface area contributed by atoms with Crippen LogP contribution in [-0.2, 0) is 6.54 Å². The number of nitrogens with zero attached hydrogens (tertiary/aromatic N) is 4. The highest BCUT2D eigenvalue weighted by Crippen LogP contribution is 2.09. The normalized spacial score (nSPS) is 11.8. The Hall–Kier alpha value is -2.37. The first-order valence-electron chi connectivity index (χ1n) is 9.15. The van der Waals surface area contributed by atoms with E-state index in [9.17, 15) is 0 Å². The van der Waals surface area contributed by atoms with Crippen LogP contribution in [0.4, 0.5) is 0 Å². The standard InChI is InChI=1S/C19H30N6/c1-4-21-19(22-12-6-5-7-16(2)3)23-13-17-8-10-18(11-9-17)25-15-20-14-24-25/h8-11,14-16H,4-7,12-13H2,1-3H3,(H2,21,22,23). The minimum Gasteiger partial charge on any atom is -0.357 e. The molecule has 25 heavy (non-hydrogen) atoms. The van der Waals surface area contributed by atoms with Crippen molar-refractivity contribution in [3.05, 3.63) is 42.5 Å². The SMILES string of the molecule is CCNC(=NCc1ccc(-n2cncn2)cc1)NCCCCC(C)C. The summed E-state index contributed by atoms with van der Waals surface area (Å²) in [6, 6.07) is 8.22. The molecule has 0 saturated heterocycles. The summed E-state index contributed by atoms with van der Waals surface area (Å²) in [5.74, 6) is 1.66. The Balaban J connectivity index is 1.83. The Kier molecular flexibility index (Phi) is 7.95. The second kappa shape index (κ2) is 10.5. The van der Waals surface area contributed by atoms with Crippen molar-refractivity contribution in [2.75, 3.05) is 13.1 Å². The Morgan fingerprint density at radius 2 is 1.96 bits per heavy atom. The van der Waals surface area contributed by atoms with Gasteiger partial charge in [-0.05, 0) is 37.0 Å². The molecule has 0 aliphatic heterocycles. The summed E-state index contributed by atoms with van der Waals surface area (Å²) < 4.78 is 1.75. The third-order valence-corrected chi connectivity index (χ3v) is 3.88. The quantitative estimate of drug-likeness (QED) is 0.417. The molecule has 0 saturated carbocycles. The number of hydrogen-bond acceptors (Lipinski definition) is 3.